The van der Waals surface area contributed by atoms with Gasteiger partial charge in [-0.15, -0.1) is 0 Å². The fourth-order valence-electron chi connectivity index (χ4n) is 3.13. The maximum Gasteiger partial charge on any atom is 0.137 e. The van der Waals surface area contributed by atoms with Gasteiger partial charge >= 0.3 is 0 Å². The predicted octanol–water partition coefficient (Wildman–Crippen LogP) is 2.25. The van der Waals surface area contributed by atoms with Crippen LogP contribution < -0.4 is 5.32 Å². The van der Waals surface area contributed by atoms with E-state index >= 15 is 0 Å². The number of aryl methyl sites for hydroxylation is 2. The van der Waals surface area contributed by atoms with Gasteiger partial charge in [0.25, 0.3) is 0 Å². The summed E-state index contributed by atoms with van der Waals surface area (Å²) in [6.07, 6.45) is 3.94. The van der Waals surface area contributed by atoms with Crippen LogP contribution in [0.3, 0.4) is 0 Å². The summed E-state index contributed by atoms with van der Waals surface area (Å²) in [5.74, 6) is 1.37. The fourth-order valence-corrected chi connectivity index (χ4v) is 3.13. The summed E-state index contributed by atoms with van der Waals surface area (Å²) in [5, 5.41) is 12.1. The summed E-state index contributed by atoms with van der Waals surface area (Å²) in [6, 6.07) is 2.35. The smallest absolute Gasteiger partial charge is 0.137 e. The minimum Gasteiger partial charge on any atom is -0.379 e. The lowest BCUT2D eigenvalue weighted by Crippen LogP contribution is -2.36. The molecule has 6 heteroatoms. The van der Waals surface area contributed by atoms with Crippen molar-refractivity contribution in [2.75, 3.05) is 13.2 Å². The van der Waals surface area contributed by atoms with E-state index in [2.05, 4.69) is 34.1 Å². The van der Waals surface area contributed by atoms with Gasteiger partial charge < -0.3 is 14.6 Å². The van der Waals surface area contributed by atoms with Gasteiger partial charge in [0.1, 0.15) is 5.76 Å². The number of rotatable bonds is 7. The molecule has 0 spiro atoms. The van der Waals surface area contributed by atoms with Gasteiger partial charge in [0.05, 0.1) is 25.1 Å². The lowest BCUT2D eigenvalue weighted by atomic mass is 9.98. The maximum absolute atomic E-state index is 5.67. The average molecular weight is 318 g/mol. The van der Waals surface area contributed by atoms with Crippen molar-refractivity contribution in [1.82, 2.24) is 20.3 Å². The van der Waals surface area contributed by atoms with Crippen molar-refractivity contribution in [2.24, 2.45) is 5.92 Å². The van der Waals surface area contributed by atoms with E-state index in [1.54, 1.807) is 0 Å². The molecule has 0 aromatic carbocycles. The van der Waals surface area contributed by atoms with Crippen LogP contribution in [0.5, 0.6) is 0 Å². The molecule has 0 aliphatic carbocycles. The molecule has 0 bridgehead atoms. The van der Waals surface area contributed by atoms with E-state index in [0.717, 1.165) is 50.6 Å². The normalized spacial score (nSPS) is 21.2. The van der Waals surface area contributed by atoms with Gasteiger partial charge in [-0.3, -0.25) is 4.68 Å². The van der Waals surface area contributed by atoms with Gasteiger partial charge in [0.15, 0.2) is 0 Å². The largest absolute Gasteiger partial charge is 0.379 e. The number of hydrogen-bond acceptors (Lipinski definition) is 5. The Bertz CT molecular complexity index is 634. The first-order valence-corrected chi connectivity index (χ1v) is 8.42. The number of ether oxygens (including phenoxy) is 1. The van der Waals surface area contributed by atoms with Crippen LogP contribution in [0.25, 0.3) is 0 Å². The first-order valence-electron chi connectivity index (χ1n) is 8.42. The Balaban J connectivity index is 1.56. The molecule has 2 aromatic rings. The summed E-state index contributed by atoms with van der Waals surface area (Å²) in [4.78, 5) is 0. The third-order valence-electron chi connectivity index (χ3n) is 4.53. The molecule has 0 saturated carbocycles. The SMILES string of the molecule is CCCn1ncc(CN[C@@H]2COC[C@H]2Cc2cc(C)no2)c1C. The lowest BCUT2D eigenvalue weighted by molar-refractivity contribution is 0.181. The van der Waals surface area contributed by atoms with Crippen molar-refractivity contribution in [1.29, 1.82) is 0 Å². The minimum atomic E-state index is 0.342. The fraction of sp³-hybridized carbons (Fsp3) is 0.647. The monoisotopic (exact) mass is 318 g/mol. The first kappa shape index (κ1) is 16.2. The van der Waals surface area contributed by atoms with Crippen molar-refractivity contribution >= 4 is 0 Å². The molecule has 2 aromatic heterocycles. The number of nitrogens with zero attached hydrogens (tertiary/aromatic N) is 3. The molecule has 126 valence electrons. The molecular weight excluding hydrogens is 292 g/mol. The molecule has 1 aliphatic heterocycles. The highest BCUT2D eigenvalue weighted by Crippen LogP contribution is 2.20. The van der Waals surface area contributed by atoms with Crippen LogP contribution in [0.2, 0.25) is 0 Å². The van der Waals surface area contributed by atoms with Gasteiger partial charge in [-0.25, -0.2) is 0 Å². The molecular formula is C17H26N4O2. The lowest BCUT2D eigenvalue weighted by Gasteiger charge is -2.18. The summed E-state index contributed by atoms with van der Waals surface area (Å²) in [6.45, 7) is 9.59. The molecule has 3 heterocycles. The highest BCUT2D eigenvalue weighted by atomic mass is 16.5. The minimum absolute atomic E-state index is 0.342. The Morgan fingerprint density at radius 1 is 1.35 bits per heavy atom. The van der Waals surface area contributed by atoms with Crippen LogP contribution in [0.4, 0.5) is 0 Å². The Labute approximate surface area is 137 Å². The standard InChI is InChI=1S/C17H26N4O2/c1-4-5-21-13(3)15(9-19-21)8-18-17-11-22-10-14(17)7-16-6-12(2)20-23-16/h6,9,14,17-18H,4-5,7-8,10-11H2,1-3H3/t14-,17-/m1/s1. The van der Waals surface area contributed by atoms with Gasteiger partial charge in [-0.2, -0.15) is 5.10 Å². The van der Waals surface area contributed by atoms with Crippen LogP contribution in [-0.2, 0) is 24.2 Å². The molecule has 0 unspecified atom stereocenters. The Kier molecular flexibility index (Phi) is 5.13. The molecule has 23 heavy (non-hydrogen) atoms. The Hall–Kier alpha value is -1.66. The summed E-state index contributed by atoms with van der Waals surface area (Å²) in [7, 11) is 0. The van der Waals surface area contributed by atoms with Gasteiger partial charge in [0.2, 0.25) is 0 Å². The molecule has 1 aliphatic rings. The van der Waals surface area contributed by atoms with Crippen molar-refractivity contribution in [2.45, 2.75) is 52.7 Å². The third kappa shape index (κ3) is 3.82. The quantitative estimate of drug-likeness (QED) is 0.848. The van der Waals surface area contributed by atoms with E-state index in [1.165, 1.54) is 11.3 Å². The second-order valence-electron chi connectivity index (χ2n) is 6.40. The summed E-state index contributed by atoms with van der Waals surface area (Å²) < 4.78 is 13.1. The van der Waals surface area contributed by atoms with Crippen LogP contribution in [-0.4, -0.2) is 34.2 Å². The molecule has 1 N–H and O–H groups in total. The van der Waals surface area contributed by atoms with E-state index in [-0.39, 0.29) is 0 Å². The van der Waals surface area contributed by atoms with Crippen LogP contribution in [0.1, 0.15) is 36.1 Å². The summed E-state index contributed by atoms with van der Waals surface area (Å²) >= 11 is 0. The van der Waals surface area contributed by atoms with Crippen molar-refractivity contribution in [3.8, 4) is 0 Å². The molecule has 0 amide bonds. The van der Waals surface area contributed by atoms with E-state index < -0.39 is 0 Å². The van der Waals surface area contributed by atoms with Gasteiger partial charge in [0, 0.05) is 48.8 Å². The summed E-state index contributed by atoms with van der Waals surface area (Å²) in [5.41, 5.74) is 3.45. The van der Waals surface area contributed by atoms with Crippen molar-refractivity contribution in [3.63, 3.8) is 0 Å². The Morgan fingerprint density at radius 2 is 2.22 bits per heavy atom. The first-order chi connectivity index (χ1) is 11.2. The number of nitrogens with one attached hydrogen (secondary N) is 1. The van der Waals surface area contributed by atoms with E-state index in [4.69, 9.17) is 9.26 Å². The Morgan fingerprint density at radius 3 is 2.96 bits per heavy atom. The van der Waals surface area contributed by atoms with Crippen molar-refractivity contribution < 1.29 is 9.26 Å². The number of hydrogen-bond donors (Lipinski definition) is 1. The van der Waals surface area contributed by atoms with E-state index in [9.17, 15) is 0 Å². The van der Waals surface area contributed by atoms with Crippen LogP contribution in [0, 0.1) is 19.8 Å². The molecule has 3 rings (SSSR count). The third-order valence-corrected chi connectivity index (χ3v) is 4.53. The number of aromatic nitrogens is 3. The molecule has 0 radical (unpaired) electrons. The van der Waals surface area contributed by atoms with Crippen LogP contribution in [0.15, 0.2) is 16.8 Å². The zero-order valence-corrected chi connectivity index (χ0v) is 14.2. The van der Waals surface area contributed by atoms with Crippen molar-refractivity contribution in [3.05, 3.63) is 35.0 Å². The molecule has 1 saturated heterocycles. The zero-order valence-electron chi connectivity index (χ0n) is 14.2. The highest BCUT2D eigenvalue weighted by molar-refractivity contribution is 5.16. The van der Waals surface area contributed by atoms with Gasteiger partial charge in [-0.1, -0.05) is 12.1 Å². The topological polar surface area (TPSA) is 65.1 Å². The maximum atomic E-state index is 5.67. The van der Waals surface area contributed by atoms with Gasteiger partial charge in [-0.05, 0) is 20.3 Å². The zero-order chi connectivity index (χ0) is 16.2. The predicted molar refractivity (Wildman–Crippen MR) is 87.1 cm³/mol. The van der Waals surface area contributed by atoms with E-state index in [0.29, 0.717) is 12.0 Å². The average Bonchev–Trinajstić information content (AvgIpc) is 3.22. The molecule has 2 atom stereocenters. The van der Waals surface area contributed by atoms with Crippen LogP contribution >= 0.6 is 0 Å². The highest BCUT2D eigenvalue weighted by Gasteiger charge is 2.29. The second kappa shape index (κ2) is 7.27. The molecule has 1 fully saturated rings. The molecule has 6 nitrogen and oxygen atoms in total. The van der Waals surface area contributed by atoms with E-state index in [1.807, 2.05) is 19.2 Å². The second-order valence-corrected chi connectivity index (χ2v) is 6.40.